The number of amides is 1. The predicted molar refractivity (Wildman–Crippen MR) is 79.0 cm³/mol. The lowest BCUT2D eigenvalue weighted by molar-refractivity contribution is 0.100. The highest BCUT2D eigenvalue weighted by Crippen LogP contribution is 2.22. The Kier molecular flexibility index (Phi) is 3.62. The third-order valence-corrected chi connectivity index (χ3v) is 3.76. The first-order valence-corrected chi connectivity index (χ1v) is 6.93. The molecule has 1 aromatic carbocycles. The summed E-state index contributed by atoms with van der Waals surface area (Å²) < 4.78 is 5.47. The Hall–Kier alpha value is -2.34. The van der Waals surface area contributed by atoms with Crippen LogP contribution in [0.2, 0.25) is 0 Å². The van der Waals surface area contributed by atoms with Crippen LogP contribution in [-0.2, 0) is 24.3 Å². The van der Waals surface area contributed by atoms with Crippen molar-refractivity contribution >= 4 is 11.7 Å². The second-order valence-corrected chi connectivity index (χ2v) is 5.15. The maximum Gasteiger partial charge on any atom is 0.254 e. The van der Waals surface area contributed by atoms with E-state index in [0.717, 1.165) is 13.0 Å². The van der Waals surface area contributed by atoms with Gasteiger partial charge < -0.3 is 15.8 Å². The molecule has 0 unspecified atom stereocenters. The third kappa shape index (κ3) is 2.62. The zero-order valence-corrected chi connectivity index (χ0v) is 11.9. The van der Waals surface area contributed by atoms with Crippen molar-refractivity contribution in [1.82, 2.24) is 10.2 Å². The molecule has 0 atom stereocenters. The van der Waals surface area contributed by atoms with Crippen LogP contribution in [0.3, 0.4) is 0 Å². The van der Waals surface area contributed by atoms with Crippen LogP contribution in [0.4, 0.5) is 5.82 Å². The maximum atomic E-state index is 11.5. The number of aryl methyl sites for hydroxylation is 1. The number of hydrogen-bond acceptors (Lipinski definition) is 4. The first-order valence-electron chi connectivity index (χ1n) is 6.93. The molecule has 0 bridgehead atoms. The summed E-state index contributed by atoms with van der Waals surface area (Å²) in [6, 6.07) is 6.20. The van der Waals surface area contributed by atoms with Gasteiger partial charge in [0.05, 0.1) is 13.2 Å². The number of aromatic nitrogens is 2. The van der Waals surface area contributed by atoms with Gasteiger partial charge >= 0.3 is 0 Å². The molecule has 1 amide bonds. The molecule has 110 valence electrons. The molecule has 0 saturated heterocycles. The smallest absolute Gasteiger partial charge is 0.254 e. The van der Waals surface area contributed by atoms with Crippen molar-refractivity contribution in [3.05, 3.63) is 46.1 Å². The monoisotopic (exact) mass is 286 g/mol. The number of fused-ring (bicyclic) bond motifs is 1. The Labute approximate surface area is 122 Å². The maximum absolute atomic E-state index is 11.5. The van der Waals surface area contributed by atoms with Crippen LogP contribution in [0.25, 0.3) is 0 Å². The highest BCUT2D eigenvalue weighted by Gasteiger charge is 2.17. The molecule has 4 N–H and O–H groups in total. The van der Waals surface area contributed by atoms with Gasteiger partial charge in [0.25, 0.3) is 5.91 Å². The Morgan fingerprint density at radius 1 is 1.52 bits per heavy atom. The van der Waals surface area contributed by atoms with Crippen molar-refractivity contribution < 1.29 is 9.53 Å². The van der Waals surface area contributed by atoms with Gasteiger partial charge in [-0.25, -0.2) is 0 Å². The number of benzene rings is 1. The Bertz CT molecular complexity index is 678. The van der Waals surface area contributed by atoms with Gasteiger partial charge in [-0.2, -0.15) is 5.10 Å². The quantitative estimate of drug-likeness (QED) is 0.794. The zero-order chi connectivity index (χ0) is 14.8. The number of primary amides is 1. The Balaban J connectivity index is 1.81. The molecule has 21 heavy (non-hydrogen) atoms. The van der Waals surface area contributed by atoms with Gasteiger partial charge in [-0.15, -0.1) is 0 Å². The molecule has 1 aromatic heterocycles. The van der Waals surface area contributed by atoms with E-state index in [1.807, 2.05) is 6.07 Å². The van der Waals surface area contributed by atoms with Gasteiger partial charge in [0.15, 0.2) is 5.82 Å². The van der Waals surface area contributed by atoms with E-state index in [-0.39, 0.29) is 0 Å². The number of nitrogens with two attached hydrogens (primary N) is 1. The van der Waals surface area contributed by atoms with Crippen LogP contribution in [0, 0.1) is 6.92 Å². The van der Waals surface area contributed by atoms with E-state index in [2.05, 4.69) is 27.6 Å². The standard InChI is InChI=1S/C15H18N4O2/c1-9-13(14(16)20)15(19-18-9)17-7-10-3-2-4-11-8-21-6-5-12(10)11/h2-4H,5-8H2,1H3,(H2,16,20)(H2,17,18,19). The summed E-state index contributed by atoms with van der Waals surface area (Å²) in [5.41, 5.74) is 10.2. The van der Waals surface area contributed by atoms with E-state index in [0.29, 0.717) is 30.2 Å². The van der Waals surface area contributed by atoms with E-state index < -0.39 is 5.91 Å². The summed E-state index contributed by atoms with van der Waals surface area (Å²) in [5.74, 6) is 0.0249. The van der Waals surface area contributed by atoms with E-state index in [4.69, 9.17) is 10.5 Å². The summed E-state index contributed by atoms with van der Waals surface area (Å²) in [6.07, 6.45) is 0.912. The van der Waals surface area contributed by atoms with Gasteiger partial charge in [0.2, 0.25) is 0 Å². The van der Waals surface area contributed by atoms with Crippen LogP contribution >= 0.6 is 0 Å². The normalized spacial score (nSPS) is 13.8. The number of aromatic amines is 1. The third-order valence-electron chi connectivity index (χ3n) is 3.76. The highest BCUT2D eigenvalue weighted by molar-refractivity contribution is 5.98. The molecule has 1 aliphatic rings. The van der Waals surface area contributed by atoms with Crippen LogP contribution in [0.5, 0.6) is 0 Å². The van der Waals surface area contributed by atoms with E-state index in [1.54, 1.807) is 6.92 Å². The molecule has 0 aliphatic carbocycles. The summed E-state index contributed by atoms with van der Waals surface area (Å²) in [5, 5.41) is 10.1. The summed E-state index contributed by atoms with van der Waals surface area (Å²) in [4.78, 5) is 11.5. The van der Waals surface area contributed by atoms with Crippen LogP contribution in [-0.4, -0.2) is 22.7 Å². The molecule has 0 saturated carbocycles. The predicted octanol–water partition coefficient (Wildman–Crippen LogP) is 1.50. The number of hydrogen-bond donors (Lipinski definition) is 3. The second-order valence-electron chi connectivity index (χ2n) is 5.15. The summed E-state index contributed by atoms with van der Waals surface area (Å²) in [7, 11) is 0. The van der Waals surface area contributed by atoms with E-state index in [9.17, 15) is 4.79 Å². The molecule has 1 aliphatic heterocycles. The number of nitrogens with zero attached hydrogens (tertiary/aromatic N) is 1. The molecule has 0 radical (unpaired) electrons. The minimum atomic E-state index is -0.479. The lowest BCUT2D eigenvalue weighted by atomic mass is 9.97. The topological polar surface area (TPSA) is 93.0 Å². The zero-order valence-electron chi connectivity index (χ0n) is 11.9. The molecule has 6 nitrogen and oxygen atoms in total. The van der Waals surface area contributed by atoms with Crippen molar-refractivity contribution in [1.29, 1.82) is 0 Å². The Morgan fingerprint density at radius 2 is 2.38 bits per heavy atom. The fraction of sp³-hybridized carbons (Fsp3) is 0.333. The first kappa shape index (κ1) is 13.6. The molecular formula is C15H18N4O2. The number of carbonyl (C=O) groups is 1. The van der Waals surface area contributed by atoms with E-state index in [1.165, 1.54) is 16.7 Å². The SMILES string of the molecule is Cc1[nH]nc(NCc2cccc3c2CCOC3)c1C(N)=O. The number of nitrogens with one attached hydrogen (secondary N) is 2. The van der Waals surface area contributed by atoms with Crippen LogP contribution < -0.4 is 11.1 Å². The number of rotatable bonds is 4. The average Bonchev–Trinajstić information content (AvgIpc) is 2.86. The molecule has 0 fully saturated rings. The minimum Gasteiger partial charge on any atom is -0.376 e. The summed E-state index contributed by atoms with van der Waals surface area (Å²) >= 11 is 0. The minimum absolute atomic E-state index is 0.420. The van der Waals surface area contributed by atoms with Crippen molar-refractivity contribution in [2.45, 2.75) is 26.5 Å². The van der Waals surface area contributed by atoms with E-state index >= 15 is 0 Å². The van der Waals surface area contributed by atoms with Crippen molar-refractivity contribution in [2.75, 3.05) is 11.9 Å². The fourth-order valence-corrected chi connectivity index (χ4v) is 2.70. The molecule has 0 spiro atoms. The number of ether oxygens (including phenoxy) is 1. The highest BCUT2D eigenvalue weighted by atomic mass is 16.5. The van der Waals surface area contributed by atoms with Gasteiger partial charge in [-0.3, -0.25) is 9.89 Å². The molecule has 3 rings (SSSR count). The van der Waals surface area contributed by atoms with Crippen molar-refractivity contribution in [3.8, 4) is 0 Å². The van der Waals surface area contributed by atoms with Gasteiger partial charge in [-0.1, -0.05) is 18.2 Å². The van der Waals surface area contributed by atoms with Crippen LogP contribution in [0.1, 0.15) is 32.7 Å². The van der Waals surface area contributed by atoms with Crippen LogP contribution in [0.15, 0.2) is 18.2 Å². The first-order chi connectivity index (χ1) is 10.2. The Morgan fingerprint density at radius 3 is 3.19 bits per heavy atom. The van der Waals surface area contributed by atoms with Crippen molar-refractivity contribution in [3.63, 3.8) is 0 Å². The molecule has 6 heteroatoms. The van der Waals surface area contributed by atoms with Crippen molar-refractivity contribution in [2.24, 2.45) is 5.73 Å². The summed E-state index contributed by atoms with van der Waals surface area (Å²) in [6.45, 7) is 3.79. The largest absolute Gasteiger partial charge is 0.376 e. The fourth-order valence-electron chi connectivity index (χ4n) is 2.70. The van der Waals surface area contributed by atoms with Gasteiger partial charge in [0, 0.05) is 12.2 Å². The number of carbonyl (C=O) groups excluding carboxylic acids is 1. The number of H-pyrrole nitrogens is 1. The lowest BCUT2D eigenvalue weighted by Crippen LogP contribution is -2.16. The average molecular weight is 286 g/mol. The van der Waals surface area contributed by atoms with Gasteiger partial charge in [-0.05, 0) is 30.0 Å². The molecule has 2 aromatic rings. The number of anilines is 1. The lowest BCUT2D eigenvalue weighted by Gasteiger charge is -2.20. The second kappa shape index (κ2) is 5.57. The van der Waals surface area contributed by atoms with Gasteiger partial charge in [0.1, 0.15) is 5.56 Å². The molecule has 2 heterocycles. The molecular weight excluding hydrogens is 268 g/mol.